The molecule has 1 rings (SSSR count). The average molecular weight is 212 g/mol. The fourth-order valence-electron chi connectivity index (χ4n) is 1.42. The van der Waals surface area contributed by atoms with E-state index in [1.165, 1.54) is 0 Å². The molecule has 4 nitrogen and oxygen atoms in total. The molecule has 0 atom stereocenters. The monoisotopic (exact) mass is 212 g/mol. The number of hydrogen-bond acceptors (Lipinski definition) is 3. The van der Waals surface area contributed by atoms with Gasteiger partial charge in [0.2, 0.25) is 5.91 Å². The minimum Gasteiger partial charge on any atom is -0.352 e. The summed E-state index contributed by atoms with van der Waals surface area (Å²) in [5, 5.41) is 2.94. The van der Waals surface area contributed by atoms with Crippen molar-refractivity contribution >= 4 is 11.7 Å². The molecule has 0 unspecified atom stereocenters. The third-order valence-corrected chi connectivity index (χ3v) is 2.42. The summed E-state index contributed by atoms with van der Waals surface area (Å²) in [6, 6.07) is 0.433. The maximum atomic E-state index is 11.4. The maximum Gasteiger partial charge on any atom is 0.234 e. The summed E-state index contributed by atoms with van der Waals surface area (Å²) in [6.07, 6.45) is 3.69. The van der Waals surface area contributed by atoms with E-state index in [0.717, 1.165) is 25.8 Å². The Kier molecular flexibility index (Phi) is 4.75. The third-order valence-electron chi connectivity index (χ3n) is 2.42. The third kappa shape index (κ3) is 6.23. The molecule has 0 saturated heterocycles. The molecule has 1 aliphatic rings. The second kappa shape index (κ2) is 5.85. The lowest BCUT2D eigenvalue weighted by Crippen LogP contribution is -2.36. The van der Waals surface area contributed by atoms with Crippen molar-refractivity contribution in [1.29, 1.82) is 0 Å². The van der Waals surface area contributed by atoms with Gasteiger partial charge in [-0.25, -0.2) is 0 Å². The number of rotatable bonds is 7. The number of nitrogens with zero attached hydrogens (tertiary/aromatic N) is 1. The van der Waals surface area contributed by atoms with Gasteiger partial charge in [-0.05, 0) is 39.8 Å². The molecule has 0 aromatic heterocycles. The Bertz CT molecular complexity index is 237. The van der Waals surface area contributed by atoms with Crippen molar-refractivity contribution in [3.8, 4) is 0 Å². The number of hydrogen-bond donors (Lipinski definition) is 1. The summed E-state index contributed by atoms with van der Waals surface area (Å²) in [7, 11) is 1.91. The van der Waals surface area contributed by atoms with Crippen molar-refractivity contribution in [3.63, 3.8) is 0 Å². The number of Topliss-reactive ketones (excluding diaryl/α,β-unsaturated/α-hetero) is 1. The minimum absolute atomic E-state index is 0.0998. The Morgan fingerprint density at radius 2 is 2.07 bits per heavy atom. The molecule has 1 fully saturated rings. The van der Waals surface area contributed by atoms with E-state index in [1.807, 2.05) is 11.9 Å². The summed E-state index contributed by atoms with van der Waals surface area (Å²) in [6.45, 7) is 2.84. The van der Waals surface area contributed by atoms with E-state index in [1.54, 1.807) is 6.92 Å². The van der Waals surface area contributed by atoms with Crippen LogP contribution in [-0.2, 0) is 9.59 Å². The summed E-state index contributed by atoms with van der Waals surface area (Å²) in [4.78, 5) is 24.0. The summed E-state index contributed by atoms with van der Waals surface area (Å²) >= 11 is 0. The van der Waals surface area contributed by atoms with E-state index in [0.29, 0.717) is 19.0 Å². The van der Waals surface area contributed by atoms with Crippen LogP contribution in [0.25, 0.3) is 0 Å². The molecule has 15 heavy (non-hydrogen) atoms. The van der Waals surface area contributed by atoms with Gasteiger partial charge >= 0.3 is 0 Å². The second-order valence-corrected chi connectivity index (χ2v) is 4.39. The van der Waals surface area contributed by atoms with Crippen LogP contribution in [0.1, 0.15) is 32.6 Å². The number of carbonyl (C=O) groups excluding carboxylic acids is 2. The summed E-state index contributed by atoms with van der Waals surface area (Å²) in [5.41, 5.74) is 0. The first kappa shape index (κ1) is 12.2. The van der Waals surface area contributed by atoms with Crippen LogP contribution in [0.3, 0.4) is 0 Å². The quantitative estimate of drug-likeness (QED) is 0.671. The first-order chi connectivity index (χ1) is 7.08. The van der Waals surface area contributed by atoms with Gasteiger partial charge in [-0.15, -0.1) is 0 Å². The predicted octanol–water partition coefficient (Wildman–Crippen LogP) is 0.566. The molecule has 0 spiro atoms. The van der Waals surface area contributed by atoms with Gasteiger partial charge in [-0.1, -0.05) is 0 Å². The lowest BCUT2D eigenvalue weighted by molar-refractivity contribution is -0.122. The number of likely N-dealkylation sites (N-methyl/N-ethyl adjacent to an activating group) is 1. The fraction of sp³-hybridized carbons (Fsp3) is 0.818. The van der Waals surface area contributed by atoms with Gasteiger partial charge < -0.3 is 10.1 Å². The molecule has 0 aliphatic heterocycles. The molecule has 4 heteroatoms. The Morgan fingerprint density at radius 3 is 2.60 bits per heavy atom. The average Bonchev–Trinajstić information content (AvgIpc) is 2.86. The van der Waals surface area contributed by atoms with Gasteiger partial charge in [-0.3, -0.25) is 9.69 Å². The lowest BCUT2D eigenvalue weighted by atomic mass is 10.2. The van der Waals surface area contributed by atoms with E-state index in [-0.39, 0.29) is 11.7 Å². The highest BCUT2D eigenvalue weighted by Crippen LogP contribution is 2.18. The maximum absolute atomic E-state index is 11.4. The van der Waals surface area contributed by atoms with Crippen molar-refractivity contribution in [2.75, 3.05) is 20.1 Å². The lowest BCUT2D eigenvalue weighted by Gasteiger charge is -2.15. The molecular weight excluding hydrogens is 192 g/mol. The number of nitrogens with one attached hydrogen (secondary N) is 1. The summed E-state index contributed by atoms with van der Waals surface area (Å²) < 4.78 is 0. The van der Waals surface area contributed by atoms with E-state index >= 15 is 0 Å². The highest BCUT2D eigenvalue weighted by atomic mass is 16.2. The first-order valence-corrected chi connectivity index (χ1v) is 5.55. The van der Waals surface area contributed by atoms with Crippen LogP contribution in [0.4, 0.5) is 0 Å². The Hall–Kier alpha value is -0.900. The van der Waals surface area contributed by atoms with Crippen LogP contribution in [0.5, 0.6) is 0 Å². The molecule has 1 aliphatic carbocycles. The van der Waals surface area contributed by atoms with Crippen molar-refractivity contribution in [2.24, 2.45) is 0 Å². The van der Waals surface area contributed by atoms with Gasteiger partial charge in [0.15, 0.2) is 0 Å². The van der Waals surface area contributed by atoms with Crippen LogP contribution in [0.2, 0.25) is 0 Å². The highest BCUT2D eigenvalue weighted by molar-refractivity contribution is 5.78. The highest BCUT2D eigenvalue weighted by Gasteiger charge is 2.23. The normalized spacial score (nSPS) is 15.4. The van der Waals surface area contributed by atoms with E-state index < -0.39 is 0 Å². The summed E-state index contributed by atoms with van der Waals surface area (Å²) in [5.74, 6) is 0.314. The molecule has 86 valence electrons. The Balaban J connectivity index is 2.03. The molecule has 0 aromatic carbocycles. The molecule has 1 saturated carbocycles. The van der Waals surface area contributed by atoms with Crippen LogP contribution >= 0.6 is 0 Å². The molecule has 0 aromatic rings. The van der Waals surface area contributed by atoms with Gasteiger partial charge in [0, 0.05) is 12.5 Å². The number of carbonyl (C=O) groups is 2. The van der Waals surface area contributed by atoms with Crippen LogP contribution < -0.4 is 5.32 Å². The van der Waals surface area contributed by atoms with Crippen molar-refractivity contribution in [1.82, 2.24) is 10.2 Å². The molecule has 1 N–H and O–H groups in total. The zero-order chi connectivity index (χ0) is 11.3. The van der Waals surface area contributed by atoms with Crippen LogP contribution in [0.15, 0.2) is 0 Å². The second-order valence-electron chi connectivity index (χ2n) is 4.39. The van der Waals surface area contributed by atoms with E-state index in [4.69, 9.17) is 0 Å². The molecule has 1 amide bonds. The number of ketones is 1. The fourth-order valence-corrected chi connectivity index (χ4v) is 1.42. The van der Waals surface area contributed by atoms with E-state index in [2.05, 4.69) is 5.32 Å². The van der Waals surface area contributed by atoms with Gasteiger partial charge in [0.25, 0.3) is 0 Å². The van der Waals surface area contributed by atoms with E-state index in [9.17, 15) is 9.59 Å². The first-order valence-electron chi connectivity index (χ1n) is 5.55. The molecular formula is C11H20N2O2. The predicted molar refractivity (Wildman–Crippen MR) is 58.6 cm³/mol. The SMILES string of the molecule is CC(=O)CCCN(C)CC(=O)NC1CC1. The van der Waals surface area contributed by atoms with Crippen LogP contribution in [-0.4, -0.2) is 42.8 Å². The van der Waals surface area contributed by atoms with Crippen molar-refractivity contribution in [2.45, 2.75) is 38.6 Å². The molecule has 0 bridgehead atoms. The smallest absolute Gasteiger partial charge is 0.234 e. The van der Waals surface area contributed by atoms with Crippen LogP contribution in [0, 0.1) is 0 Å². The van der Waals surface area contributed by atoms with Crippen molar-refractivity contribution in [3.05, 3.63) is 0 Å². The zero-order valence-corrected chi connectivity index (χ0v) is 9.58. The largest absolute Gasteiger partial charge is 0.352 e. The molecule has 0 heterocycles. The van der Waals surface area contributed by atoms with Gasteiger partial charge in [0.1, 0.15) is 5.78 Å². The number of amides is 1. The van der Waals surface area contributed by atoms with Gasteiger partial charge in [0.05, 0.1) is 6.54 Å². The standard InChI is InChI=1S/C11H20N2O2/c1-9(14)4-3-7-13(2)8-11(15)12-10-5-6-10/h10H,3-8H2,1-2H3,(H,12,15). The minimum atomic E-state index is 0.0998. The molecule has 0 radical (unpaired) electrons. The van der Waals surface area contributed by atoms with Gasteiger partial charge in [-0.2, -0.15) is 0 Å². The zero-order valence-electron chi connectivity index (χ0n) is 9.58. The topological polar surface area (TPSA) is 49.4 Å². The van der Waals surface area contributed by atoms with Crippen molar-refractivity contribution < 1.29 is 9.59 Å². The Morgan fingerprint density at radius 1 is 1.40 bits per heavy atom. The Labute approximate surface area is 91.0 Å².